The number of anilines is 1. The number of esters is 1. The molecule has 1 aliphatic rings. The van der Waals surface area contributed by atoms with E-state index in [4.69, 9.17) is 4.74 Å². The fourth-order valence-corrected chi connectivity index (χ4v) is 2.27. The van der Waals surface area contributed by atoms with Crippen LogP contribution in [0.15, 0.2) is 24.3 Å². The van der Waals surface area contributed by atoms with Crippen molar-refractivity contribution >= 4 is 11.7 Å². The van der Waals surface area contributed by atoms with E-state index in [0.29, 0.717) is 0 Å². The van der Waals surface area contributed by atoms with Gasteiger partial charge in [-0.05, 0) is 38.8 Å². The number of benzene rings is 1. The molecule has 0 aromatic heterocycles. The SMILES string of the molecule is COC(=O)C(C)(Nc1ccc(C)cc1)C1(C)CC1. The van der Waals surface area contributed by atoms with Crippen molar-refractivity contribution in [3.8, 4) is 0 Å². The van der Waals surface area contributed by atoms with Crippen LogP contribution < -0.4 is 5.32 Å². The van der Waals surface area contributed by atoms with Crippen molar-refractivity contribution in [1.82, 2.24) is 0 Å². The number of rotatable bonds is 4. The normalized spacial score (nSPS) is 19.8. The highest BCUT2D eigenvalue weighted by Crippen LogP contribution is 2.55. The van der Waals surface area contributed by atoms with Crippen LogP contribution in [0.5, 0.6) is 0 Å². The first-order chi connectivity index (χ1) is 8.41. The van der Waals surface area contributed by atoms with Gasteiger partial charge in [-0.2, -0.15) is 0 Å². The average Bonchev–Trinajstić information content (AvgIpc) is 3.10. The number of ether oxygens (including phenoxy) is 1. The molecule has 1 N–H and O–H groups in total. The minimum atomic E-state index is -0.656. The molecule has 98 valence electrons. The number of aryl methyl sites for hydroxylation is 1. The van der Waals surface area contributed by atoms with Crippen LogP contribution in [0, 0.1) is 12.3 Å². The second-order valence-electron chi connectivity index (χ2n) is 5.67. The average molecular weight is 247 g/mol. The number of nitrogens with one attached hydrogen (secondary N) is 1. The molecule has 0 spiro atoms. The maximum absolute atomic E-state index is 12.1. The molecule has 0 bridgehead atoms. The minimum absolute atomic E-state index is 0.00895. The van der Waals surface area contributed by atoms with Gasteiger partial charge in [0.15, 0.2) is 0 Å². The first kappa shape index (κ1) is 12.9. The molecule has 0 amide bonds. The zero-order valence-corrected chi connectivity index (χ0v) is 11.5. The number of hydrogen-bond donors (Lipinski definition) is 1. The second-order valence-corrected chi connectivity index (χ2v) is 5.67. The molecule has 18 heavy (non-hydrogen) atoms. The van der Waals surface area contributed by atoms with E-state index in [1.54, 1.807) is 0 Å². The Kier molecular flexibility index (Phi) is 3.09. The predicted octanol–water partition coefficient (Wildman–Crippen LogP) is 3.14. The van der Waals surface area contributed by atoms with E-state index in [9.17, 15) is 4.79 Å². The standard InChI is InChI=1S/C15H21NO2/c1-11-5-7-12(8-6-11)16-15(3,13(17)18-4)14(2)9-10-14/h5-8,16H,9-10H2,1-4H3. The van der Waals surface area contributed by atoms with Crippen molar-refractivity contribution in [2.24, 2.45) is 5.41 Å². The van der Waals surface area contributed by atoms with Crippen LogP contribution in [-0.2, 0) is 9.53 Å². The van der Waals surface area contributed by atoms with Gasteiger partial charge in [0.25, 0.3) is 0 Å². The Bertz CT molecular complexity index is 448. The van der Waals surface area contributed by atoms with Gasteiger partial charge in [-0.3, -0.25) is 0 Å². The van der Waals surface area contributed by atoms with Crippen molar-refractivity contribution in [2.45, 2.75) is 39.2 Å². The lowest BCUT2D eigenvalue weighted by atomic mass is 9.83. The summed E-state index contributed by atoms with van der Waals surface area (Å²) >= 11 is 0. The lowest BCUT2D eigenvalue weighted by molar-refractivity contribution is -0.147. The van der Waals surface area contributed by atoms with Crippen LogP contribution >= 0.6 is 0 Å². The summed E-state index contributed by atoms with van der Waals surface area (Å²) in [6.07, 6.45) is 2.11. The molecule has 1 atom stereocenters. The number of carbonyl (C=O) groups is 1. The van der Waals surface area contributed by atoms with Crippen LogP contribution in [0.2, 0.25) is 0 Å². The summed E-state index contributed by atoms with van der Waals surface area (Å²) in [7, 11) is 1.45. The Hall–Kier alpha value is -1.51. The molecule has 3 heteroatoms. The van der Waals surface area contributed by atoms with Gasteiger partial charge in [-0.15, -0.1) is 0 Å². The van der Waals surface area contributed by atoms with Gasteiger partial charge in [-0.1, -0.05) is 24.6 Å². The van der Waals surface area contributed by atoms with Gasteiger partial charge in [0.1, 0.15) is 5.54 Å². The summed E-state index contributed by atoms with van der Waals surface area (Å²) in [6.45, 7) is 6.11. The third kappa shape index (κ3) is 2.09. The van der Waals surface area contributed by atoms with Gasteiger partial charge in [0.2, 0.25) is 0 Å². The Labute approximate surface area is 109 Å². The van der Waals surface area contributed by atoms with Crippen LogP contribution in [0.4, 0.5) is 5.69 Å². The van der Waals surface area contributed by atoms with Crippen molar-refractivity contribution in [1.29, 1.82) is 0 Å². The lowest BCUT2D eigenvalue weighted by Crippen LogP contribution is -2.51. The molecule has 0 saturated heterocycles. The Morgan fingerprint density at radius 2 is 1.89 bits per heavy atom. The largest absolute Gasteiger partial charge is 0.467 e. The lowest BCUT2D eigenvalue weighted by Gasteiger charge is -2.35. The van der Waals surface area contributed by atoms with E-state index in [1.165, 1.54) is 12.7 Å². The summed E-state index contributed by atoms with van der Waals surface area (Å²) in [4.78, 5) is 12.1. The maximum atomic E-state index is 12.1. The van der Waals surface area contributed by atoms with Gasteiger partial charge in [0.05, 0.1) is 7.11 Å². The van der Waals surface area contributed by atoms with E-state index >= 15 is 0 Å². The van der Waals surface area contributed by atoms with Crippen LogP contribution in [0.25, 0.3) is 0 Å². The molecule has 1 aromatic rings. The number of hydrogen-bond acceptors (Lipinski definition) is 3. The maximum Gasteiger partial charge on any atom is 0.331 e. The molecule has 3 nitrogen and oxygen atoms in total. The molecular weight excluding hydrogens is 226 g/mol. The highest BCUT2D eigenvalue weighted by Gasteiger charge is 2.58. The summed E-state index contributed by atoms with van der Waals surface area (Å²) in [5.41, 5.74) is 1.50. The molecular formula is C15H21NO2. The molecule has 0 aliphatic heterocycles. The molecule has 0 radical (unpaired) electrons. The van der Waals surface area contributed by atoms with Crippen molar-refractivity contribution < 1.29 is 9.53 Å². The van der Waals surface area contributed by atoms with Crippen molar-refractivity contribution in [3.63, 3.8) is 0 Å². The number of methoxy groups -OCH3 is 1. The van der Waals surface area contributed by atoms with Crippen LogP contribution in [0.1, 0.15) is 32.3 Å². The molecule has 0 heterocycles. The zero-order chi connectivity index (χ0) is 13.4. The van der Waals surface area contributed by atoms with E-state index in [-0.39, 0.29) is 11.4 Å². The Morgan fingerprint density at radius 3 is 2.33 bits per heavy atom. The second kappa shape index (κ2) is 4.30. The summed E-state index contributed by atoms with van der Waals surface area (Å²) < 4.78 is 4.98. The molecule has 1 aliphatic carbocycles. The predicted molar refractivity (Wildman–Crippen MR) is 72.6 cm³/mol. The first-order valence-electron chi connectivity index (χ1n) is 6.34. The van der Waals surface area contributed by atoms with E-state index in [2.05, 4.69) is 12.2 Å². The third-order valence-corrected chi connectivity index (χ3v) is 4.25. The smallest absolute Gasteiger partial charge is 0.331 e. The van der Waals surface area contributed by atoms with Gasteiger partial charge in [0, 0.05) is 11.1 Å². The molecule has 1 fully saturated rings. The van der Waals surface area contributed by atoms with E-state index < -0.39 is 5.54 Å². The highest BCUT2D eigenvalue weighted by atomic mass is 16.5. The zero-order valence-electron chi connectivity index (χ0n) is 11.5. The summed E-state index contributed by atoms with van der Waals surface area (Å²) in [6, 6.07) is 8.08. The minimum Gasteiger partial charge on any atom is -0.467 e. The highest BCUT2D eigenvalue weighted by molar-refractivity contribution is 5.85. The topological polar surface area (TPSA) is 38.3 Å². The monoisotopic (exact) mass is 247 g/mol. The van der Waals surface area contributed by atoms with Gasteiger partial charge in [-0.25, -0.2) is 4.79 Å². The van der Waals surface area contributed by atoms with Gasteiger partial charge < -0.3 is 10.1 Å². The quantitative estimate of drug-likeness (QED) is 0.831. The fourth-order valence-electron chi connectivity index (χ4n) is 2.27. The van der Waals surface area contributed by atoms with Crippen molar-refractivity contribution in [2.75, 3.05) is 12.4 Å². The van der Waals surface area contributed by atoms with Crippen LogP contribution in [-0.4, -0.2) is 18.6 Å². The molecule has 1 aromatic carbocycles. The van der Waals surface area contributed by atoms with Crippen LogP contribution in [0.3, 0.4) is 0 Å². The fraction of sp³-hybridized carbons (Fsp3) is 0.533. The molecule has 1 saturated carbocycles. The number of carbonyl (C=O) groups excluding carboxylic acids is 1. The third-order valence-electron chi connectivity index (χ3n) is 4.25. The summed E-state index contributed by atoms with van der Waals surface area (Å²) in [5.74, 6) is -0.192. The van der Waals surface area contributed by atoms with Crippen molar-refractivity contribution in [3.05, 3.63) is 29.8 Å². The van der Waals surface area contributed by atoms with E-state index in [1.807, 2.05) is 38.1 Å². The Morgan fingerprint density at radius 1 is 1.33 bits per heavy atom. The molecule has 1 unspecified atom stereocenters. The Balaban J connectivity index is 2.26. The van der Waals surface area contributed by atoms with E-state index in [0.717, 1.165) is 18.5 Å². The van der Waals surface area contributed by atoms with Gasteiger partial charge >= 0.3 is 5.97 Å². The molecule has 2 rings (SSSR count). The first-order valence-corrected chi connectivity index (χ1v) is 6.34. The summed E-state index contributed by atoms with van der Waals surface area (Å²) in [5, 5.41) is 3.36.